The highest BCUT2D eigenvalue weighted by atomic mass is 16.6. The van der Waals surface area contributed by atoms with Crippen molar-refractivity contribution < 1.29 is 9.31 Å². The highest BCUT2D eigenvalue weighted by Crippen LogP contribution is 2.39. The average Bonchev–Trinajstić information content (AvgIpc) is 3.21. The van der Waals surface area contributed by atoms with E-state index in [4.69, 9.17) is 9.31 Å². The molecule has 2 nitrogen and oxygen atoms in total. The average molecular weight is 366 g/mol. The molecule has 0 bridgehead atoms. The number of hydrogen-bond acceptors (Lipinski definition) is 2. The van der Waals surface area contributed by atoms with Crippen molar-refractivity contribution in [2.75, 3.05) is 13.2 Å². The highest BCUT2D eigenvalue weighted by molar-refractivity contribution is 6.68. The van der Waals surface area contributed by atoms with Crippen LogP contribution in [0.2, 0.25) is 0 Å². The molecule has 0 aliphatic carbocycles. The first-order valence-electron chi connectivity index (χ1n) is 9.90. The smallest absolute Gasteiger partial charge is 0.405 e. The number of benzene rings is 4. The van der Waals surface area contributed by atoms with E-state index < -0.39 is 0 Å². The molecule has 0 N–H and O–H groups in total. The van der Waals surface area contributed by atoms with Crippen molar-refractivity contribution in [3.05, 3.63) is 77.4 Å². The molecule has 28 heavy (non-hydrogen) atoms. The summed E-state index contributed by atoms with van der Waals surface area (Å²) in [6.45, 7) is 7.89. The molecule has 0 aromatic heterocycles. The molecule has 1 fully saturated rings. The molecule has 3 heteroatoms. The maximum atomic E-state index is 5.94. The molecular formula is C25H23BO2. The second kappa shape index (κ2) is 6.77. The summed E-state index contributed by atoms with van der Waals surface area (Å²) < 4.78 is 11.9. The van der Waals surface area contributed by atoms with Gasteiger partial charge in [-0.15, -0.1) is 0 Å². The van der Waals surface area contributed by atoms with Gasteiger partial charge in [0.15, 0.2) is 0 Å². The van der Waals surface area contributed by atoms with E-state index in [2.05, 4.69) is 81.4 Å². The van der Waals surface area contributed by atoms with Gasteiger partial charge in [0.1, 0.15) is 0 Å². The van der Waals surface area contributed by atoms with Crippen LogP contribution in [0.5, 0.6) is 0 Å². The molecule has 1 heterocycles. The first-order valence-corrected chi connectivity index (χ1v) is 9.90. The van der Waals surface area contributed by atoms with E-state index in [1.54, 1.807) is 0 Å². The molecular weight excluding hydrogens is 343 g/mol. The molecule has 0 atom stereocenters. The van der Waals surface area contributed by atoms with Crippen molar-refractivity contribution in [1.82, 2.24) is 0 Å². The Bertz CT molecular complexity index is 1130. The minimum absolute atomic E-state index is 0.302. The molecule has 0 unspecified atom stereocenters. The third-order valence-corrected chi connectivity index (χ3v) is 5.76. The van der Waals surface area contributed by atoms with Gasteiger partial charge in [-0.1, -0.05) is 66.2 Å². The van der Waals surface area contributed by atoms with Gasteiger partial charge in [-0.05, 0) is 70.0 Å². The van der Waals surface area contributed by atoms with Crippen LogP contribution in [-0.2, 0) is 9.31 Å². The fourth-order valence-electron chi connectivity index (χ4n) is 4.78. The van der Waals surface area contributed by atoms with E-state index >= 15 is 0 Å². The minimum Gasteiger partial charge on any atom is -0.405 e. The molecule has 0 radical (unpaired) electrons. The third-order valence-electron chi connectivity index (χ3n) is 5.76. The zero-order valence-corrected chi connectivity index (χ0v) is 16.6. The van der Waals surface area contributed by atoms with Gasteiger partial charge >= 0.3 is 7.12 Å². The van der Waals surface area contributed by atoms with Crippen molar-refractivity contribution in [3.63, 3.8) is 0 Å². The zero-order valence-electron chi connectivity index (χ0n) is 16.6. The monoisotopic (exact) mass is 366 g/mol. The van der Waals surface area contributed by atoms with Crippen LogP contribution in [0.4, 0.5) is 0 Å². The van der Waals surface area contributed by atoms with Crippen LogP contribution >= 0.6 is 0 Å². The Morgan fingerprint density at radius 3 is 1.61 bits per heavy atom. The summed E-state index contributed by atoms with van der Waals surface area (Å²) in [5, 5.41) is 4.93. The van der Waals surface area contributed by atoms with E-state index in [1.807, 2.05) is 0 Å². The molecule has 0 spiro atoms. The molecule has 1 saturated heterocycles. The highest BCUT2D eigenvalue weighted by Gasteiger charge is 2.31. The lowest BCUT2D eigenvalue weighted by atomic mass is 9.71. The summed E-state index contributed by atoms with van der Waals surface area (Å²) >= 11 is 0. The Hall–Kier alpha value is -2.62. The van der Waals surface area contributed by atoms with Gasteiger partial charge in [0.05, 0.1) is 13.2 Å². The fourth-order valence-corrected chi connectivity index (χ4v) is 4.78. The van der Waals surface area contributed by atoms with Crippen molar-refractivity contribution in [1.29, 1.82) is 0 Å². The quantitative estimate of drug-likeness (QED) is 0.353. The van der Waals surface area contributed by atoms with Crippen LogP contribution in [0.3, 0.4) is 0 Å². The second-order valence-electron chi connectivity index (χ2n) is 7.73. The Balaban J connectivity index is 1.97. The van der Waals surface area contributed by atoms with E-state index in [-0.39, 0.29) is 7.12 Å². The molecule has 4 aromatic rings. The summed E-state index contributed by atoms with van der Waals surface area (Å²) in [5.74, 6) is 0. The van der Waals surface area contributed by atoms with Crippen LogP contribution in [-0.4, -0.2) is 20.3 Å². The maximum Gasteiger partial charge on any atom is 0.495 e. The van der Waals surface area contributed by atoms with Gasteiger partial charge in [0.25, 0.3) is 0 Å². The lowest BCUT2D eigenvalue weighted by Gasteiger charge is -2.20. The van der Waals surface area contributed by atoms with E-state index in [0.717, 1.165) is 5.46 Å². The Kier molecular flexibility index (Phi) is 4.23. The van der Waals surface area contributed by atoms with Gasteiger partial charge in [0, 0.05) is 0 Å². The van der Waals surface area contributed by atoms with Crippen molar-refractivity contribution in [2.24, 2.45) is 0 Å². The minimum atomic E-state index is -0.302. The van der Waals surface area contributed by atoms with Gasteiger partial charge in [-0.2, -0.15) is 0 Å². The fraction of sp³-hybridized carbons (Fsp3) is 0.200. The molecule has 0 amide bonds. The molecule has 1 aliphatic rings. The van der Waals surface area contributed by atoms with E-state index in [1.165, 1.54) is 49.4 Å². The summed E-state index contributed by atoms with van der Waals surface area (Å²) in [6.07, 6.45) is 0. The zero-order chi connectivity index (χ0) is 19.3. The van der Waals surface area contributed by atoms with Crippen LogP contribution in [0.15, 0.2) is 60.7 Å². The Labute approximate surface area is 166 Å². The van der Waals surface area contributed by atoms with Gasteiger partial charge in [-0.3, -0.25) is 0 Å². The van der Waals surface area contributed by atoms with Gasteiger partial charge in [-0.25, -0.2) is 0 Å². The second-order valence-corrected chi connectivity index (χ2v) is 7.73. The summed E-state index contributed by atoms with van der Waals surface area (Å²) in [4.78, 5) is 0. The maximum absolute atomic E-state index is 5.94. The molecule has 1 aliphatic heterocycles. The summed E-state index contributed by atoms with van der Waals surface area (Å²) in [7, 11) is -0.302. The van der Waals surface area contributed by atoms with Crippen molar-refractivity contribution in [3.8, 4) is 11.1 Å². The molecule has 5 rings (SSSR count). The van der Waals surface area contributed by atoms with Gasteiger partial charge < -0.3 is 9.31 Å². The number of hydrogen-bond donors (Lipinski definition) is 0. The predicted molar refractivity (Wildman–Crippen MR) is 118 cm³/mol. The largest absolute Gasteiger partial charge is 0.495 e. The molecule has 138 valence electrons. The van der Waals surface area contributed by atoms with Crippen LogP contribution in [0.25, 0.3) is 32.7 Å². The number of fused-ring (bicyclic) bond motifs is 2. The van der Waals surface area contributed by atoms with Crippen molar-refractivity contribution in [2.45, 2.75) is 20.8 Å². The first kappa shape index (κ1) is 17.5. The SMILES string of the molecule is Cc1cc(C)c(-c2c3ccccc3c(B3OCCO3)c3ccccc23)c(C)c1. The Morgan fingerprint density at radius 2 is 1.11 bits per heavy atom. The first-order chi connectivity index (χ1) is 13.6. The van der Waals surface area contributed by atoms with Crippen LogP contribution in [0, 0.1) is 20.8 Å². The normalized spacial score (nSPS) is 14.3. The lowest BCUT2D eigenvalue weighted by molar-refractivity contribution is 0.365. The topological polar surface area (TPSA) is 18.5 Å². The van der Waals surface area contributed by atoms with Gasteiger partial charge in [0.2, 0.25) is 0 Å². The standard InChI is InChI=1S/C25H23BO2/c1-16-14-17(2)23(18(3)15-16)24-19-8-4-6-10-21(19)25(26-27-12-13-28-26)22-11-7-5-9-20(22)24/h4-11,14-15H,12-13H2,1-3H3. The van der Waals surface area contributed by atoms with E-state index in [0.29, 0.717) is 13.2 Å². The number of rotatable bonds is 2. The molecule has 0 saturated carbocycles. The predicted octanol–water partition coefficient (Wildman–Crippen LogP) is 5.33. The number of aryl methyl sites for hydroxylation is 3. The summed E-state index contributed by atoms with van der Waals surface area (Å²) in [5.41, 5.74) is 7.72. The van der Waals surface area contributed by atoms with Crippen LogP contribution in [0.1, 0.15) is 16.7 Å². The van der Waals surface area contributed by atoms with Crippen LogP contribution < -0.4 is 5.46 Å². The molecule has 4 aromatic carbocycles. The third kappa shape index (κ3) is 2.66. The Morgan fingerprint density at radius 1 is 0.643 bits per heavy atom. The lowest BCUT2D eigenvalue weighted by Crippen LogP contribution is -2.33. The summed E-state index contributed by atoms with van der Waals surface area (Å²) in [6, 6.07) is 21.9. The van der Waals surface area contributed by atoms with Crippen molar-refractivity contribution >= 4 is 34.1 Å². The van der Waals surface area contributed by atoms with E-state index in [9.17, 15) is 0 Å².